The summed E-state index contributed by atoms with van der Waals surface area (Å²) in [6, 6.07) is 0.378. The zero-order valence-electron chi connectivity index (χ0n) is 9.27. The monoisotopic (exact) mass is 196 g/mol. The first-order valence-electron chi connectivity index (χ1n) is 5.27. The Balaban J connectivity index is 2.70. The van der Waals surface area contributed by atoms with E-state index < -0.39 is 0 Å². The summed E-state index contributed by atoms with van der Waals surface area (Å²) in [6.45, 7) is 7.11. The molecule has 4 heteroatoms. The fraction of sp³-hybridized carbons (Fsp3) is 0.800. The van der Waals surface area contributed by atoms with Gasteiger partial charge in [-0.25, -0.2) is 9.67 Å². The normalized spacial score (nSPS) is 13.5. The molecule has 1 aromatic rings. The topological polar surface area (TPSA) is 56.7 Å². The third-order valence-electron chi connectivity index (χ3n) is 2.52. The molecule has 1 unspecified atom stereocenters. The van der Waals surface area contributed by atoms with E-state index in [1.165, 1.54) is 0 Å². The smallest absolute Gasteiger partial charge is 0.138 e. The van der Waals surface area contributed by atoms with Gasteiger partial charge in [0, 0.05) is 12.5 Å². The van der Waals surface area contributed by atoms with E-state index in [2.05, 4.69) is 30.9 Å². The number of nitrogens with two attached hydrogens (primary N) is 1. The second-order valence-electron chi connectivity index (χ2n) is 3.93. The summed E-state index contributed by atoms with van der Waals surface area (Å²) >= 11 is 0. The zero-order valence-corrected chi connectivity index (χ0v) is 9.27. The van der Waals surface area contributed by atoms with Crippen molar-refractivity contribution in [3.05, 3.63) is 12.2 Å². The van der Waals surface area contributed by atoms with Gasteiger partial charge in [0.25, 0.3) is 0 Å². The van der Waals surface area contributed by atoms with Gasteiger partial charge in [-0.15, -0.1) is 0 Å². The van der Waals surface area contributed by atoms with Crippen LogP contribution in [0.3, 0.4) is 0 Å². The Morgan fingerprint density at radius 3 is 2.71 bits per heavy atom. The highest BCUT2D eigenvalue weighted by molar-refractivity contribution is 4.89. The Morgan fingerprint density at radius 2 is 2.21 bits per heavy atom. The Labute approximate surface area is 85.5 Å². The molecular formula is C10H20N4. The van der Waals surface area contributed by atoms with E-state index >= 15 is 0 Å². The second-order valence-corrected chi connectivity index (χ2v) is 3.93. The van der Waals surface area contributed by atoms with Crippen LogP contribution in [0.5, 0.6) is 0 Å². The lowest BCUT2D eigenvalue weighted by Crippen LogP contribution is -2.19. The minimum atomic E-state index is 0.378. The zero-order chi connectivity index (χ0) is 10.6. The largest absolute Gasteiger partial charge is 0.330 e. The van der Waals surface area contributed by atoms with Gasteiger partial charge < -0.3 is 5.73 Å². The van der Waals surface area contributed by atoms with Crippen LogP contribution < -0.4 is 5.73 Å². The summed E-state index contributed by atoms with van der Waals surface area (Å²) in [4.78, 5) is 4.27. The van der Waals surface area contributed by atoms with Crippen LogP contribution in [0.15, 0.2) is 6.33 Å². The number of nitrogens with zero attached hydrogens (tertiary/aromatic N) is 3. The van der Waals surface area contributed by atoms with Crippen molar-refractivity contribution >= 4 is 0 Å². The van der Waals surface area contributed by atoms with E-state index in [1.807, 2.05) is 4.68 Å². The molecule has 0 aliphatic carbocycles. The Kier molecular flexibility index (Phi) is 4.07. The third kappa shape index (κ3) is 2.54. The third-order valence-corrected chi connectivity index (χ3v) is 2.52. The maximum Gasteiger partial charge on any atom is 0.138 e. The first-order valence-corrected chi connectivity index (χ1v) is 5.27. The lowest BCUT2D eigenvalue weighted by atomic mass is 10.0. The fourth-order valence-corrected chi connectivity index (χ4v) is 1.50. The molecule has 14 heavy (non-hydrogen) atoms. The predicted octanol–water partition coefficient (Wildman–Crippen LogP) is 1.39. The Bertz CT molecular complexity index is 263. The SMILES string of the molecule is CCC(CN)Cc1ncnn1C(C)C. The quantitative estimate of drug-likeness (QED) is 0.774. The van der Waals surface area contributed by atoms with Crippen LogP contribution in [0.25, 0.3) is 0 Å². The van der Waals surface area contributed by atoms with Gasteiger partial charge in [-0.1, -0.05) is 13.3 Å². The molecule has 0 amide bonds. The van der Waals surface area contributed by atoms with Gasteiger partial charge in [-0.3, -0.25) is 0 Å². The molecule has 0 saturated heterocycles. The molecule has 0 bridgehead atoms. The van der Waals surface area contributed by atoms with Crippen LogP contribution in [0.1, 0.15) is 39.1 Å². The molecule has 1 aromatic heterocycles. The van der Waals surface area contributed by atoms with Gasteiger partial charge in [0.1, 0.15) is 12.2 Å². The fourth-order valence-electron chi connectivity index (χ4n) is 1.50. The lowest BCUT2D eigenvalue weighted by Gasteiger charge is -2.14. The minimum Gasteiger partial charge on any atom is -0.330 e. The Hall–Kier alpha value is -0.900. The van der Waals surface area contributed by atoms with Crippen LogP contribution in [-0.2, 0) is 6.42 Å². The van der Waals surface area contributed by atoms with Crippen molar-refractivity contribution in [2.75, 3.05) is 6.54 Å². The molecule has 0 aromatic carbocycles. The summed E-state index contributed by atoms with van der Waals surface area (Å²) in [5.74, 6) is 1.58. The molecule has 0 fully saturated rings. The average molecular weight is 196 g/mol. The molecule has 80 valence electrons. The molecule has 1 rings (SSSR count). The van der Waals surface area contributed by atoms with Crippen molar-refractivity contribution in [2.24, 2.45) is 11.7 Å². The molecule has 0 saturated carbocycles. The maximum atomic E-state index is 5.67. The average Bonchev–Trinajstić information content (AvgIpc) is 2.62. The first-order chi connectivity index (χ1) is 6.69. The van der Waals surface area contributed by atoms with Gasteiger partial charge in [-0.2, -0.15) is 5.10 Å². The molecule has 1 heterocycles. The van der Waals surface area contributed by atoms with Crippen molar-refractivity contribution < 1.29 is 0 Å². The van der Waals surface area contributed by atoms with Crippen LogP contribution >= 0.6 is 0 Å². The van der Waals surface area contributed by atoms with Gasteiger partial charge in [-0.05, 0) is 26.3 Å². The van der Waals surface area contributed by atoms with Gasteiger partial charge in [0.15, 0.2) is 0 Å². The number of hydrogen-bond acceptors (Lipinski definition) is 3. The van der Waals surface area contributed by atoms with E-state index in [0.29, 0.717) is 12.0 Å². The van der Waals surface area contributed by atoms with E-state index in [4.69, 9.17) is 5.73 Å². The van der Waals surface area contributed by atoms with E-state index in [-0.39, 0.29) is 0 Å². The molecule has 1 atom stereocenters. The molecule has 0 spiro atoms. The first kappa shape index (κ1) is 11.2. The highest BCUT2D eigenvalue weighted by Gasteiger charge is 2.12. The van der Waals surface area contributed by atoms with Crippen LogP contribution in [0.2, 0.25) is 0 Å². The molecule has 0 aliphatic heterocycles. The van der Waals surface area contributed by atoms with E-state index in [0.717, 1.165) is 25.2 Å². The minimum absolute atomic E-state index is 0.378. The standard InChI is InChI=1S/C10H20N4/c1-4-9(6-11)5-10-12-7-13-14(10)8(2)3/h7-9H,4-6,11H2,1-3H3. The maximum absolute atomic E-state index is 5.67. The summed E-state index contributed by atoms with van der Waals surface area (Å²) < 4.78 is 1.97. The van der Waals surface area contributed by atoms with E-state index in [9.17, 15) is 0 Å². The van der Waals surface area contributed by atoms with Crippen LogP contribution in [-0.4, -0.2) is 21.3 Å². The molecule has 4 nitrogen and oxygen atoms in total. The van der Waals surface area contributed by atoms with E-state index in [1.54, 1.807) is 6.33 Å². The van der Waals surface area contributed by atoms with Crippen molar-refractivity contribution in [3.63, 3.8) is 0 Å². The number of rotatable bonds is 5. The highest BCUT2D eigenvalue weighted by atomic mass is 15.3. The van der Waals surface area contributed by atoms with Gasteiger partial charge >= 0.3 is 0 Å². The van der Waals surface area contributed by atoms with Crippen molar-refractivity contribution in [1.29, 1.82) is 0 Å². The van der Waals surface area contributed by atoms with Crippen molar-refractivity contribution in [3.8, 4) is 0 Å². The summed E-state index contributed by atoms with van der Waals surface area (Å²) in [5, 5.41) is 4.20. The van der Waals surface area contributed by atoms with Gasteiger partial charge in [0.2, 0.25) is 0 Å². The van der Waals surface area contributed by atoms with Gasteiger partial charge in [0.05, 0.1) is 0 Å². The van der Waals surface area contributed by atoms with Crippen molar-refractivity contribution in [1.82, 2.24) is 14.8 Å². The van der Waals surface area contributed by atoms with Crippen LogP contribution in [0, 0.1) is 5.92 Å². The summed E-state index contributed by atoms with van der Waals surface area (Å²) in [6.07, 6.45) is 3.66. The number of hydrogen-bond donors (Lipinski definition) is 1. The molecule has 0 aliphatic rings. The van der Waals surface area contributed by atoms with Crippen molar-refractivity contribution in [2.45, 2.75) is 39.7 Å². The molecular weight excluding hydrogens is 176 g/mol. The van der Waals surface area contributed by atoms with Crippen LogP contribution in [0.4, 0.5) is 0 Å². The summed E-state index contributed by atoms with van der Waals surface area (Å²) in [7, 11) is 0. The molecule has 2 N–H and O–H groups in total. The second kappa shape index (κ2) is 5.10. The Morgan fingerprint density at radius 1 is 1.50 bits per heavy atom. The predicted molar refractivity (Wildman–Crippen MR) is 56.9 cm³/mol. The highest BCUT2D eigenvalue weighted by Crippen LogP contribution is 2.12. The number of aromatic nitrogens is 3. The summed E-state index contributed by atoms with van der Waals surface area (Å²) in [5.41, 5.74) is 5.67. The molecule has 0 radical (unpaired) electrons. The lowest BCUT2D eigenvalue weighted by molar-refractivity contribution is 0.451.